The van der Waals surface area contributed by atoms with Gasteiger partial charge in [-0.3, -0.25) is 9.36 Å². The molecule has 1 rings (SSSR count). The van der Waals surface area contributed by atoms with Crippen molar-refractivity contribution in [1.29, 1.82) is 0 Å². The van der Waals surface area contributed by atoms with E-state index in [9.17, 15) is 14.9 Å². The minimum absolute atomic E-state index is 0.194. The fourth-order valence-electron chi connectivity index (χ4n) is 1.22. The first-order chi connectivity index (χ1) is 7.97. The van der Waals surface area contributed by atoms with E-state index in [1.807, 2.05) is 0 Å². The van der Waals surface area contributed by atoms with Crippen molar-refractivity contribution < 1.29 is 14.5 Å². The maximum absolute atomic E-state index is 10.8. The standard InChI is InChI=1S/C10H11N3O4/c1-4-5-9-11-10(13(15)16)8(12(9)3)6-17-7(2)14/h6H2,1-3H3. The summed E-state index contributed by atoms with van der Waals surface area (Å²) in [5.74, 6) is 4.65. The lowest BCUT2D eigenvalue weighted by atomic mass is 10.4. The summed E-state index contributed by atoms with van der Waals surface area (Å²) in [6, 6.07) is 0. The molecule has 0 fully saturated rings. The van der Waals surface area contributed by atoms with Crippen molar-refractivity contribution in [2.75, 3.05) is 0 Å². The van der Waals surface area contributed by atoms with Gasteiger partial charge < -0.3 is 14.9 Å². The molecule has 0 amide bonds. The van der Waals surface area contributed by atoms with Crippen LogP contribution in [-0.2, 0) is 23.2 Å². The number of nitrogens with zero attached hydrogens (tertiary/aromatic N) is 3. The molecule has 0 bridgehead atoms. The molecule has 0 saturated heterocycles. The molecule has 1 aromatic heterocycles. The van der Waals surface area contributed by atoms with Crippen LogP contribution in [0.25, 0.3) is 0 Å². The third-order valence-corrected chi connectivity index (χ3v) is 2.01. The monoisotopic (exact) mass is 237 g/mol. The molecule has 0 N–H and O–H groups in total. The van der Waals surface area contributed by atoms with Gasteiger partial charge in [-0.2, -0.15) is 0 Å². The van der Waals surface area contributed by atoms with Gasteiger partial charge in [-0.15, -0.1) is 0 Å². The summed E-state index contributed by atoms with van der Waals surface area (Å²) in [5, 5.41) is 10.8. The van der Waals surface area contributed by atoms with Gasteiger partial charge in [0.05, 0.1) is 0 Å². The largest absolute Gasteiger partial charge is 0.459 e. The molecule has 0 aliphatic rings. The SMILES string of the molecule is CC#Cc1nc([N+](=O)[O-])c(COC(C)=O)n1C. The first-order valence-corrected chi connectivity index (χ1v) is 4.73. The quantitative estimate of drug-likeness (QED) is 0.335. The molecule has 1 aromatic rings. The summed E-state index contributed by atoms with van der Waals surface area (Å²) < 4.78 is 6.18. The molecule has 17 heavy (non-hydrogen) atoms. The Morgan fingerprint density at radius 1 is 1.65 bits per heavy atom. The van der Waals surface area contributed by atoms with Crippen LogP contribution in [0.3, 0.4) is 0 Å². The van der Waals surface area contributed by atoms with Gasteiger partial charge in [-0.1, -0.05) is 5.92 Å². The minimum atomic E-state index is -0.625. The number of nitro groups is 1. The molecule has 0 atom stereocenters. The number of hydrogen-bond acceptors (Lipinski definition) is 5. The van der Waals surface area contributed by atoms with E-state index in [2.05, 4.69) is 16.8 Å². The number of carbonyl (C=O) groups excluding carboxylic acids is 1. The average molecular weight is 237 g/mol. The molecule has 0 spiro atoms. The van der Waals surface area contributed by atoms with Gasteiger partial charge in [-0.05, 0) is 22.8 Å². The van der Waals surface area contributed by atoms with E-state index in [-0.39, 0.29) is 23.9 Å². The van der Waals surface area contributed by atoms with Crippen LogP contribution < -0.4 is 0 Å². The van der Waals surface area contributed by atoms with Crippen molar-refractivity contribution in [3.8, 4) is 11.8 Å². The predicted molar refractivity (Wildman–Crippen MR) is 57.9 cm³/mol. The number of hydrogen-bond donors (Lipinski definition) is 0. The summed E-state index contributed by atoms with van der Waals surface area (Å²) >= 11 is 0. The Hall–Kier alpha value is -2.36. The van der Waals surface area contributed by atoms with Crippen molar-refractivity contribution in [1.82, 2.24) is 9.55 Å². The van der Waals surface area contributed by atoms with Crippen LogP contribution in [0.5, 0.6) is 0 Å². The van der Waals surface area contributed by atoms with Crippen molar-refractivity contribution >= 4 is 11.8 Å². The van der Waals surface area contributed by atoms with Crippen molar-refractivity contribution in [2.24, 2.45) is 7.05 Å². The Labute approximate surface area is 97.6 Å². The van der Waals surface area contributed by atoms with E-state index in [0.29, 0.717) is 0 Å². The predicted octanol–water partition coefficient (Wildman–Crippen LogP) is 0.763. The highest BCUT2D eigenvalue weighted by Gasteiger charge is 2.25. The number of esters is 1. The van der Waals surface area contributed by atoms with Gasteiger partial charge in [0.2, 0.25) is 0 Å². The van der Waals surface area contributed by atoms with E-state index >= 15 is 0 Å². The molecule has 0 aromatic carbocycles. The van der Waals surface area contributed by atoms with Gasteiger partial charge in [0.1, 0.15) is 6.61 Å². The topological polar surface area (TPSA) is 87.3 Å². The van der Waals surface area contributed by atoms with Gasteiger partial charge >= 0.3 is 11.8 Å². The van der Waals surface area contributed by atoms with Gasteiger partial charge in [0.25, 0.3) is 5.82 Å². The van der Waals surface area contributed by atoms with Crippen LogP contribution in [-0.4, -0.2) is 20.4 Å². The van der Waals surface area contributed by atoms with Crippen molar-refractivity contribution in [3.63, 3.8) is 0 Å². The molecule has 7 nitrogen and oxygen atoms in total. The molecule has 0 radical (unpaired) electrons. The lowest BCUT2D eigenvalue weighted by molar-refractivity contribution is -0.390. The normalized spacial score (nSPS) is 9.35. The summed E-state index contributed by atoms with van der Waals surface area (Å²) in [7, 11) is 1.58. The van der Waals surface area contributed by atoms with E-state index in [1.54, 1.807) is 14.0 Å². The molecule has 0 aliphatic heterocycles. The summed E-state index contributed by atoms with van der Waals surface area (Å²) in [6.45, 7) is 2.64. The molecule has 90 valence electrons. The summed E-state index contributed by atoms with van der Waals surface area (Å²) in [4.78, 5) is 24.6. The van der Waals surface area contributed by atoms with Crippen molar-refractivity contribution in [3.05, 3.63) is 21.6 Å². The second-order valence-electron chi connectivity index (χ2n) is 3.18. The fraction of sp³-hybridized carbons (Fsp3) is 0.400. The Morgan fingerprint density at radius 2 is 2.29 bits per heavy atom. The van der Waals surface area contributed by atoms with Crippen LogP contribution >= 0.6 is 0 Å². The van der Waals surface area contributed by atoms with E-state index < -0.39 is 10.9 Å². The van der Waals surface area contributed by atoms with Crippen LogP contribution in [0.2, 0.25) is 0 Å². The molecule has 1 heterocycles. The molecule has 0 unspecified atom stereocenters. The highest BCUT2D eigenvalue weighted by Crippen LogP contribution is 2.19. The Bertz CT molecular complexity index is 522. The first-order valence-electron chi connectivity index (χ1n) is 4.73. The Balaban J connectivity index is 3.18. The fourth-order valence-corrected chi connectivity index (χ4v) is 1.22. The molecule has 7 heteroatoms. The van der Waals surface area contributed by atoms with Crippen LogP contribution in [0.15, 0.2) is 0 Å². The molecular weight excluding hydrogens is 226 g/mol. The second-order valence-corrected chi connectivity index (χ2v) is 3.18. The zero-order chi connectivity index (χ0) is 13.0. The van der Waals surface area contributed by atoms with Crippen LogP contribution in [0.1, 0.15) is 25.4 Å². The molecule has 0 saturated carbocycles. The van der Waals surface area contributed by atoms with E-state index in [1.165, 1.54) is 11.5 Å². The maximum atomic E-state index is 10.8. The highest BCUT2D eigenvalue weighted by atomic mass is 16.6. The summed E-state index contributed by atoms with van der Waals surface area (Å²) in [6.07, 6.45) is 0. The van der Waals surface area contributed by atoms with E-state index in [4.69, 9.17) is 4.74 Å². The molecule has 0 aliphatic carbocycles. The van der Waals surface area contributed by atoms with Gasteiger partial charge in [0, 0.05) is 14.0 Å². The third kappa shape index (κ3) is 2.81. The number of imidazole rings is 1. The highest BCUT2D eigenvalue weighted by molar-refractivity contribution is 5.66. The maximum Gasteiger partial charge on any atom is 0.389 e. The Kier molecular flexibility index (Phi) is 3.82. The minimum Gasteiger partial charge on any atom is -0.459 e. The first kappa shape index (κ1) is 12.7. The summed E-state index contributed by atoms with van der Waals surface area (Å²) in [5.41, 5.74) is 0.211. The lowest BCUT2D eigenvalue weighted by Gasteiger charge is -2.02. The van der Waals surface area contributed by atoms with E-state index in [0.717, 1.165) is 0 Å². The van der Waals surface area contributed by atoms with Gasteiger partial charge in [0.15, 0.2) is 5.69 Å². The van der Waals surface area contributed by atoms with Crippen LogP contribution in [0.4, 0.5) is 5.82 Å². The zero-order valence-electron chi connectivity index (χ0n) is 9.68. The van der Waals surface area contributed by atoms with Crippen LogP contribution in [0, 0.1) is 22.0 Å². The zero-order valence-corrected chi connectivity index (χ0v) is 9.68. The number of ether oxygens (including phenoxy) is 1. The average Bonchev–Trinajstić information content (AvgIpc) is 2.54. The second kappa shape index (κ2) is 5.12. The number of aromatic nitrogens is 2. The number of carbonyl (C=O) groups is 1. The Morgan fingerprint density at radius 3 is 2.76 bits per heavy atom. The lowest BCUT2D eigenvalue weighted by Crippen LogP contribution is -2.06. The third-order valence-electron chi connectivity index (χ3n) is 2.01. The number of rotatable bonds is 3. The smallest absolute Gasteiger partial charge is 0.389 e. The molecular formula is C10H11N3O4. The van der Waals surface area contributed by atoms with Gasteiger partial charge in [-0.25, -0.2) is 0 Å². The van der Waals surface area contributed by atoms with Crippen molar-refractivity contribution in [2.45, 2.75) is 20.5 Å².